The monoisotopic (exact) mass is 394 g/mol. The SMILES string of the molecule is CC(=O)c1ccc(C(=O)N2CCc3c(c(C(=O)NC4CCCC4)nn3C)C2)cc1. The van der Waals surface area contributed by atoms with Gasteiger partial charge in [0, 0.05) is 48.4 Å². The van der Waals surface area contributed by atoms with Gasteiger partial charge in [-0.15, -0.1) is 0 Å². The first-order valence-corrected chi connectivity index (χ1v) is 10.2. The fourth-order valence-corrected chi connectivity index (χ4v) is 4.30. The molecule has 1 aliphatic carbocycles. The minimum atomic E-state index is -0.145. The molecule has 29 heavy (non-hydrogen) atoms. The molecule has 1 aliphatic heterocycles. The van der Waals surface area contributed by atoms with E-state index in [1.165, 1.54) is 6.92 Å². The van der Waals surface area contributed by atoms with E-state index >= 15 is 0 Å². The Labute approximate surface area is 170 Å². The third-order valence-corrected chi connectivity index (χ3v) is 5.97. The number of Topliss-reactive ketones (excluding diaryl/α,β-unsaturated/α-hetero) is 1. The summed E-state index contributed by atoms with van der Waals surface area (Å²) >= 11 is 0. The van der Waals surface area contributed by atoms with Gasteiger partial charge in [-0.25, -0.2) is 0 Å². The van der Waals surface area contributed by atoms with Crippen molar-refractivity contribution in [3.63, 3.8) is 0 Å². The smallest absolute Gasteiger partial charge is 0.272 e. The summed E-state index contributed by atoms with van der Waals surface area (Å²) in [5.41, 5.74) is 3.40. The first-order valence-electron chi connectivity index (χ1n) is 10.2. The van der Waals surface area contributed by atoms with Crippen LogP contribution in [0.25, 0.3) is 0 Å². The molecule has 4 rings (SSSR count). The molecule has 7 nitrogen and oxygen atoms in total. The third-order valence-electron chi connectivity index (χ3n) is 5.97. The number of aromatic nitrogens is 2. The molecule has 2 aliphatic rings. The molecular formula is C22H26N4O3. The first kappa shape index (κ1) is 19.4. The number of fused-ring (bicyclic) bond motifs is 1. The quantitative estimate of drug-likeness (QED) is 0.808. The van der Waals surface area contributed by atoms with Gasteiger partial charge in [-0.1, -0.05) is 25.0 Å². The van der Waals surface area contributed by atoms with Crippen LogP contribution in [0.3, 0.4) is 0 Å². The number of aryl methyl sites for hydroxylation is 1. The zero-order valence-corrected chi connectivity index (χ0v) is 16.9. The van der Waals surface area contributed by atoms with Crippen molar-refractivity contribution in [3.8, 4) is 0 Å². The van der Waals surface area contributed by atoms with Gasteiger partial charge in [0.2, 0.25) is 0 Å². The summed E-state index contributed by atoms with van der Waals surface area (Å²) in [4.78, 5) is 39.0. The summed E-state index contributed by atoms with van der Waals surface area (Å²) in [5, 5.41) is 7.56. The molecule has 1 aromatic heterocycles. The summed E-state index contributed by atoms with van der Waals surface area (Å²) in [6.07, 6.45) is 4.99. The molecule has 1 saturated carbocycles. The van der Waals surface area contributed by atoms with E-state index in [0.29, 0.717) is 36.3 Å². The normalized spacial score (nSPS) is 16.6. The largest absolute Gasteiger partial charge is 0.348 e. The van der Waals surface area contributed by atoms with E-state index in [1.807, 2.05) is 7.05 Å². The summed E-state index contributed by atoms with van der Waals surface area (Å²) in [7, 11) is 1.85. The lowest BCUT2D eigenvalue weighted by Gasteiger charge is -2.28. The van der Waals surface area contributed by atoms with Crippen molar-refractivity contribution in [2.75, 3.05) is 6.54 Å². The highest BCUT2D eigenvalue weighted by Gasteiger charge is 2.30. The molecule has 1 N–H and O–H groups in total. The Morgan fingerprint density at radius 2 is 1.72 bits per heavy atom. The molecule has 2 aromatic rings. The second kappa shape index (κ2) is 7.81. The van der Waals surface area contributed by atoms with Gasteiger partial charge in [-0.05, 0) is 31.9 Å². The maximum absolute atomic E-state index is 13.0. The Morgan fingerprint density at radius 3 is 2.38 bits per heavy atom. The highest BCUT2D eigenvalue weighted by molar-refractivity contribution is 5.98. The van der Waals surface area contributed by atoms with Crippen molar-refractivity contribution in [1.29, 1.82) is 0 Å². The summed E-state index contributed by atoms with van der Waals surface area (Å²) in [6, 6.07) is 6.95. The number of benzene rings is 1. The molecule has 0 unspecified atom stereocenters. The molecular weight excluding hydrogens is 368 g/mol. The molecule has 7 heteroatoms. The number of amides is 2. The van der Waals surface area contributed by atoms with Crippen LogP contribution < -0.4 is 5.32 Å². The molecule has 0 atom stereocenters. The molecule has 1 fully saturated rings. The Kier molecular flexibility index (Phi) is 5.22. The van der Waals surface area contributed by atoms with Crippen molar-refractivity contribution in [2.24, 2.45) is 7.05 Å². The Morgan fingerprint density at radius 1 is 1.07 bits per heavy atom. The number of rotatable bonds is 4. The van der Waals surface area contributed by atoms with Crippen LogP contribution in [0.5, 0.6) is 0 Å². The van der Waals surface area contributed by atoms with Crippen LogP contribution in [0.4, 0.5) is 0 Å². The topological polar surface area (TPSA) is 84.3 Å². The molecule has 0 bridgehead atoms. The van der Waals surface area contributed by atoms with Gasteiger partial charge in [0.1, 0.15) is 0 Å². The van der Waals surface area contributed by atoms with Crippen LogP contribution in [0.15, 0.2) is 24.3 Å². The molecule has 0 spiro atoms. The second-order valence-corrected chi connectivity index (χ2v) is 7.96. The van der Waals surface area contributed by atoms with Crippen molar-refractivity contribution in [1.82, 2.24) is 20.0 Å². The first-order chi connectivity index (χ1) is 13.9. The highest BCUT2D eigenvalue weighted by Crippen LogP contribution is 2.25. The summed E-state index contributed by atoms with van der Waals surface area (Å²) in [5.74, 6) is -0.273. The molecule has 2 amide bonds. The van der Waals surface area contributed by atoms with Crippen molar-refractivity contribution >= 4 is 17.6 Å². The van der Waals surface area contributed by atoms with Crippen molar-refractivity contribution in [2.45, 2.75) is 51.6 Å². The average molecular weight is 394 g/mol. The molecule has 0 saturated heterocycles. The zero-order valence-electron chi connectivity index (χ0n) is 16.9. The fourth-order valence-electron chi connectivity index (χ4n) is 4.30. The molecule has 2 heterocycles. The lowest BCUT2D eigenvalue weighted by Crippen LogP contribution is -2.38. The molecule has 1 aromatic carbocycles. The van der Waals surface area contributed by atoms with Crippen LogP contribution in [0.2, 0.25) is 0 Å². The van der Waals surface area contributed by atoms with E-state index in [1.54, 1.807) is 33.8 Å². The highest BCUT2D eigenvalue weighted by atomic mass is 16.2. The Hall–Kier alpha value is -2.96. The number of hydrogen-bond donors (Lipinski definition) is 1. The number of carbonyl (C=O) groups is 3. The summed E-state index contributed by atoms with van der Waals surface area (Å²) in [6.45, 7) is 2.44. The summed E-state index contributed by atoms with van der Waals surface area (Å²) < 4.78 is 1.77. The maximum atomic E-state index is 13.0. The van der Waals surface area contributed by atoms with Crippen LogP contribution in [-0.4, -0.2) is 44.9 Å². The van der Waals surface area contributed by atoms with Gasteiger partial charge >= 0.3 is 0 Å². The predicted octanol–water partition coefficient (Wildman–Crippen LogP) is 2.49. The molecule has 152 valence electrons. The van der Waals surface area contributed by atoms with Gasteiger partial charge in [0.15, 0.2) is 11.5 Å². The minimum Gasteiger partial charge on any atom is -0.348 e. The van der Waals surface area contributed by atoms with E-state index < -0.39 is 0 Å². The Bertz CT molecular complexity index is 955. The van der Waals surface area contributed by atoms with Crippen molar-refractivity contribution < 1.29 is 14.4 Å². The van der Waals surface area contributed by atoms with E-state index in [9.17, 15) is 14.4 Å². The predicted molar refractivity (Wildman–Crippen MR) is 108 cm³/mol. The second-order valence-electron chi connectivity index (χ2n) is 7.96. The van der Waals surface area contributed by atoms with E-state index in [0.717, 1.165) is 36.9 Å². The van der Waals surface area contributed by atoms with Gasteiger partial charge in [-0.3, -0.25) is 19.1 Å². The van der Waals surface area contributed by atoms with E-state index in [2.05, 4.69) is 10.4 Å². The number of hydrogen-bond acceptors (Lipinski definition) is 4. The van der Waals surface area contributed by atoms with Gasteiger partial charge in [0.25, 0.3) is 11.8 Å². The Balaban J connectivity index is 1.53. The number of nitrogens with zero attached hydrogens (tertiary/aromatic N) is 3. The van der Waals surface area contributed by atoms with E-state index in [4.69, 9.17) is 0 Å². The third kappa shape index (κ3) is 3.81. The van der Waals surface area contributed by atoms with Crippen LogP contribution in [0.1, 0.15) is 75.1 Å². The number of ketones is 1. The van der Waals surface area contributed by atoms with Crippen molar-refractivity contribution in [3.05, 3.63) is 52.3 Å². The van der Waals surface area contributed by atoms with Gasteiger partial charge in [0.05, 0.1) is 6.54 Å². The number of carbonyl (C=O) groups excluding carboxylic acids is 3. The minimum absolute atomic E-state index is 0.0279. The average Bonchev–Trinajstić information content (AvgIpc) is 3.35. The lowest BCUT2D eigenvalue weighted by molar-refractivity contribution is 0.0730. The van der Waals surface area contributed by atoms with Gasteiger partial charge in [-0.2, -0.15) is 5.10 Å². The van der Waals surface area contributed by atoms with E-state index in [-0.39, 0.29) is 23.6 Å². The number of nitrogens with one attached hydrogen (secondary N) is 1. The van der Waals surface area contributed by atoms with Crippen LogP contribution >= 0.6 is 0 Å². The standard InChI is InChI=1S/C22H26N4O3/c1-14(27)15-7-9-16(10-8-15)22(29)26-12-11-19-18(13-26)20(24-25(19)2)21(28)23-17-5-3-4-6-17/h7-10,17H,3-6,11-13H2,1-2H3,(H,23,28). The maximum Gasteiger partial charge on any atom is 0.272 e. The molecule has 0 radical (unpaired) electrons. The van der Waals surface area contributed by atoms with Crippen LogP contribution in [-0.2, 0) is 20.0 Å². The fraction of sp³-hybridized carbons (Fsp3) is 0.455. The lowest BCUT2D eigenvalue weighted by atomic mass is 10.0. The zero-order chi connectivity index (χ0) is 20.5. The van der Waals surface area contributed by atoms with Crippen LogP contribution in [0, 0.1) is 0 Å². The van der Waals surface area contributed by atoms with Gasteiger partial charge < -0.3 is 10.2 Å².